The average Bonchev–Trinajstić information content (AvgIpc) is 2.84. The fourth-order valence-electron chi connectivity index (χ4n) is 3.62. The molecule has 3 unspecified atom stereocenters. The summed E-state index contributed by atoms with van der Waals surface area (Å²) in [6.45, 7) is 5.24. The van der Waals surface area contributed by atoms with Gasteiger partial charge in [0.25, 0.3) is 0 Å². The Bertz CT molecular complexity index is 335. The minimum Gasteiger partial charge on any atom is -0.465 e. The minimum atomic E-state index is -0.769. The van der Waals surface area contributed by atoms with Gasteiger partial charge in [-0.15, -0.1) is 0 Å². The maximum absolute atomic E-state index is 12.0. The lowest BCUT2D eigenvalue weighted by Gasteiger charge is -2.37. The second kappa shape index (κ2) is 6.87. The summed E-state index contributed by atoms with van der Waals surface area (Å²) >= 11 is 0. The first-order valence-electron chi connectivity index (χ1n) is 7.78. The SMILES string of the molecule is CCOC(=O)C1(N)CCC(N2CCCC(COC)C2)C1. The standard InChI is InChI=1S/C15H28N2O3/c1-3-20-14(18)15(16)7-6-13(9-15)17-8-4-5-12(10-17)11-19-2/h12-13H,3-11,16H2,1-2H3. The van der Waals surface area contributed by atoms with Gasteiger partial charge in [0.15, 0.2) is 0 Å². The molecular weight excluding hydrogens is 256 g/mol. The highest BCUT2D eigenvalue weighted by molar-refractivity contribution is 5.81. The zero-order valence-electron chi connectivity index (χ0n) is 12.8. The Hall–Kier alpha value is -0.650. The van der Waals surface area contributed by atoms with E-state index in [-0.39, 0.29) is 5.97 Å². The van der Waals surface area contributed by atoms with Crippen molar-refractivity contribution in [1.82, 2.24) is 4.90 Å². The summed E-state index contributed by atoms with van der Waals surface area (Å²) in [5.41, 5.74) is 5.48. The predicted octanol–water partition coefficient (Wildman–Crippen LogP) is 1.16. The third-order valence-corrected chi connectivity index (χ3v) is 4.67. The van der Waals surface area contributed by atoms with E-state index in [0.29, 0.717) is 18.6 Å². The largest absolute Gasteiger partial charge is 0.465 e. The van der Waals surface area contributed by atoms with Gasteiger partial charge in [-0.1, -0.05) is 0 Å². The number of likely N-dealkylation sites (tertiary alicyclic amines) is 1. The normalized spacial score (nSPS) is 35.1. The highest BCUT2D eigenvalue weighted by Crippen LogP contribution is 2.34. The molecule has 2 rings (SSSR count). The van der Waals surface area contributed by atoms with Crippen LogP contribution in [0.1, 0.15) is 39.0 Å². The van der Waals surface area contributed by atoms with Crippen molar-refractivity contribution in [2.24, 2.45) is 11.7 Å². The van der Waals surface area contributed by atoms with Gasteiger partial charge in [-0.3, -0.25) is 9.69 Å². The molecule has 0 aromatic carbocycles. The first-order valence-corrected chi connectivity index (χ1v) is 7.78. The number of rotatable bonds is 5. The van der Waals surface area contributed by atoms with Crippen molar-refractivity contribution in [3.05, 3.63) is 0 Å². The van der Waals surface area contributed by atoms with Gasteiger partial charge in [0, 0.05) is 19.7 Å². The molecule has 1 saturated carbocycles. The van der Waals surface area contributed by atoms with E-state index in [1.54, 1.807) is 7.11 Å². The quantitative estimate of drug-likeness (QED) is 0.767. The summed E-state index contributed by atoms with van der Waals surface area (Å²) in [5.74, 6) is 0.386. The molecule has 3 atom stereocenters. The van der Waals surface area contributed by atoms with Crippen molar-refractivity contribution < 1.29 is 14.3 Å². The Morgan fingerprint density at radius 1 is 1.45 bits per heavy atom. The highest BCUT2D eigenvalue weighted by atomic mass is 16.5. The van der Waals surface area contributed by atoms with Gasteiger partial charge >= 0.3 is 5.97 Å². The van der Waals surface area contributed by atoms with Crippen LogP contribution in [-0.2, 0) is 14.3 Å². The molecular formula is C15H28N2O3. The Balaban J connectivity index is 1.90. The van der Waals surface area contributed by atoms with Crippen LogP contribution in [0.25, 0.3) is 0 Å². The van der Waals surface area contributed by atoms with Crippen LogP contribution in [0.3, 0.4) is 0 Å². The second-order valence-corrected chi connectivity index (χ2v) is 6.23. The topological polar surface area (TPSA) is 64.8 Å². The van der Waals surface area contributed by atoms with Crippen LogP contribution in [0.4, 0.5) is 0 Å². The number of nitrogens with two attached hydrogens (primary N) is 1. The first kappa shape index (κ1) is 15.7. The first-order chi connectivity index (χ1) is 9.59. The maximum atomic E-state index is 12.0. The molecule has 0 radical (unpaired) electrons. The van der Waals surface area contributed by atoms with Crippen LogP contribution in [-0.4, -0.2) is 55.9 Å². The number of methoxy groups -OCH3 is 1. The van der Waals surface area contributed by atoms with Crippen LogP contribution in [0.5, 0.6) is 0 Å². The molecule has 0 amide bonds. The molecule has 1 aliphatic carbocycles. The van der Waals surface area contributed by atoms with E-state index in [1.807, 2.05) is 6.92 Å². The van der Waals surface area contributed by atoms with Crippen molar-refractivity contribution in [2.75, 3.05) is 33.4 Å². The molecule has 0 bridgehead atoms. The monoisotopic (exact) mass is 284 g/mol. The summed E-state index contributed by atoms with van der Waals surface area (Å²) in [6, 6.07) is 0.420. The Kier molecular flexibility index (Phi) is 5.41. The zero-order chi connectivity index (χ0) is 14.6. The molecule has 5 nitrogen and oxygen atoms in total. The molecule has 2 aliphatic rings. The third kappa shape index (κ3) is 3.51. The fourth-order valence-corrected chi connectivity index (χ4v) is 3.62. The van der Waals surface area contributed by atoms with E-state index < -0.39 is 5.54 Å². The van der Waals surface area contributed by atoms with Crippen molar-refractivity contribution in [2.45, 2.75) is 50.6 Å². The number of carbonyl (C=O) groups excluding carboxylic acids is 1. The molecule has 20 heavy (non-hydrogen) atoms. The lowest BCUT2D eigenvalue weighted by atomic mass is 9.95. The zero-order valence-corrected chi connectivity index (χ0v) is 12.8. The highest BCUT2D eigenvalue weighted by Gasteiger charge is 2.45. The van der Waals surface area contributed by atoms with E-state index in [4.69, 9.17) is 15.2 Å². The van der Waals surface area contributed by atoms with Crippen LogP contribution < -0.4 is 5.73 Å². The van der Waals surface area contributed by atoms with E-state index in [9.17, 15) is 4.79 Å². The number of carbonyl (C=O) groups is 1. The van der Waals surface area contributed by atoms with E-state index in [1.165, 1.54) is 12.8 Å². The number of ether oxygens (including phenoxy) is 2. The van der Waals surface area contributed by atoms with Crippen LogP contribution in [0.15, 0.2) is 0 Å². The number of hydrogen-bond donors (Lipinski definition) is 1. The molecule has 0 aromatic heterocycles. The van der Waals surface area contributed by atoms with Gasteiger partial charge in [0.05, 0.1) is 13.2 Å². The van der Waals surface area contributed by atoms with E-state index in [0.717, 1.165) is 39.0 Å². The van der Waals surface area contributed by atoms with Gasteiger partial charge in [0.1, 0.15) is 5.54 Å². The van der Waals surface area contributed by atoms with Crippen molar-refractivity contribution in [3.63, 3.8) is 0 Å². The summed E-state index contributed by atoms with van der Waals surface area (Å²) in [5, 5.41) is 0. The van der Waals surface area contributed by atoms with Gasteiger partial charge in [-0.2, -0.15) is 0 Å². The Morgan fingerprint density at radius 3 is 2.95 bits per heavy atom. The van der Waals surface area contributed by atoms with Crippen LogP contribution >= 0.6 is 0 Å². The van der Waals surface area contributed by atoms with Gasteiger partial charge in [-0.05, 0) is 51.5 Å². The third-order valence-electron chi connectivity index (χ3n) is 4.67. The van der Waals surface area contributed by atoms with Crippen LogP contribution in [0, 0.1) is 5.92 Å². The molecule has 2 fully saturated rings. The molecule has 5 heteroatoms. The number of hydrogen-bond acceptors (Lipinski definition) is 5. The van der Waals surface area contributed by atoms with E-state index >= 15 is 0 Å². The summed E-state index contributed by atoms with van der Waals surface area (Å²) < 4.78 is 10.4. The average molecular weight is 284 g/mol. The summed E-state index contributed by atoms with van der Waals surface area (Å²) in [6.07, 6.45) is 4.91. The second-order valence-electron chi connectivity index (χ2n) is 6.23. The Morgan fingerprint density at radius 2 is 2.25 bits per heavy atom. The summed E-state index contributed by atoms with van der Waals surface area (Å²) in [7, 11) is 1.76. The predicted molar refractivity (Wildman–Crippen MR) is 77.4 cm³/mol. The van der Waals surface area contributed by atoms with Gasteiger partial charge in [-0.25, -0.2) is 0 Å². The van der Waals surface area contributed by atoms with Crippen molar-refractivity contribution in [3.8, 4) is 0 Å². The maximum Gasteiger partial charge on any atom is 0.326 e. The molecule has 0 spiro atoms. The van der Waals surface area contributed by atoms with E-state index in [2.05, 4.69) is 4.90 Å². The summed E-state index contributed by atoms with van der Waals surface area (Å²) in [4.78, 5) is 14.5. The van der Waals surface area contributed by atoms with Crippen molar-refractivity contribution in [1.29, 1.82) is 0 Å². The Labute approximate surface area is 121 Å². The fraction of sp³-hybridized carbons (Fsp3) is 0.933. The lowest BCUT2D eigenvalue weighted by molar-refractivity contribution is -0.149. The lowest BCUT2D eigenvalue weighted by Crippen LogP contribution is -2.49. The molecule has 116 valence electrons. The smallest absolute Gasteiger partial charge is 0.326 e. The molecule has 1 heterocycles. The molecule has 0 aromatic rings. The number of esters is 1. The molecule has 2 N–H and O–H groups in total. The van der Waals surface area contributed by atoms with Gasteiger partial charge in [0.2, 0.25) is 0 Å². The van der Waals surface area contributed by atoms with Crippen LogP contribution in [0.2, 0.25) is 0 Å². The number of piperidine rings is 1. The number of nitrogens with zero attached hydrogens (tertiary/aromatic N) is 1. The molecule has 1 aliphatic heterocycles. The minimum absolute atomic E-state index is 0.229. The van der Waals surface area contributed by atoms with Crippen molar-refractivity contribution >= 4 is 5.97 Å². The molecule has 1 saturated heterocycles. The van der Waals surface area contributed by atoms with Gasteiger partial charge < -0.3 is 15.2 Å².